The molecule has 0 atom stereocenters. The highest BCUT2D eigenvalue weighted by atomic mass is 35.5. The molecule has 0 aromatic heterocycles. The lowest BCUT2D eigenvalue weighted by atomic mass is 10.1. The molecular weight excluding hydrogens is 266 g/mol. The molecule has 19 heavy (non-hydrogen) atoms. The molecule has 0 bridgehead atoms. The van der Waals surface area contributed by atoms with Crippen LogP contribution >= 0.6 is 11.6 Å². The molecule has 0 saturated carbocycles. The number of carbonyl (C=O) groups is 2. The fourth-order valence-corrected chi connectivity index (χ4v) is 1.83. The number of hydrogen-bond donors (Lipinski definition) is 2. The van der Waals surface area contributed by atoms with E-state index < -0.39 is 5.91 Å². The second-order valence-corrected chi connectivity index (χ2v) is 5.19. The maximum atomic E-state index is 12.3. The molecule has 0 aliphatic carbocycles. The average molecular weight is 284 g/mol. The zero-order chi connectivity index (χ0) is 14.6. The lowest BCUT2D eigenvalue weighted by molar-refractivity contribution is -0.118. The molecule has 2 amide bonds. The third-order valence-electron chi connectivity index (χ3n) is 2.46. The van der Waals surface area contributed by atoms with Gasteiger partial charge in [0.05, 0.1) is 17.3 Å². The van der Waals surface area contributed by atoms with E-state index in [1.807, 2.05) is 13.8 Å². The van der Waals surface area contributed by atoms with Crippen LogP contribution in [0.4, 0.5) is 5.69 Å². The number of nitrogens with two attached hydrogens (primary N) is 2. The Bertz CT molecular complexity index is 489. The summed E-state index contributed by atoms with van der Waals surface area (Å²) in [4.78, 5) is 24.7. The van der Waals surface area contributed by atoms with Gasteiger partial charge in [-0.05, 0) is 24.1 Å². The Labute approximate surface area is 117 Å². The third kappa shape index (κ3) is 4.44. The van der Waals surface area contributed by atoms with Crippen molar-refractivity contribution in [2.45, 2.75) is 13.8 Å². The van der Waals surface area contributed by atoms with Crippen LogP contribution in [0.5, 0.6) is 0 Å². The van der Waals surface area contributed by atoms with Gasteiger partial charge in [-0.3, -0.25) is 9.59 Å². The molecule has 0 fully saturated rings. The summed E-state index contributed by atoms with van der Waals surface area (Å²) in [7, 11) is 0. The van der Waals surface area contributed by atoms with Gasteiger partial charge in [-0.2, -0.15) is 0 Å². The SMILES string of the molecule is CC(C)CN(CC(N)=O)C(=O)c1ccc(Cl)c(N)c1. The number of rotatable bonds is 5. The van der Waals surface area contributed by atoms with Crippen LogP contribution < -0.4 is 11.5 Å². The standard InChI is InChI=1S/C13H18ClN3O2/c1-8(2)6-17(7-12(16)18)13(19)9-3-4-10(14)11(15)5-9/h3-5,8H,6-7,15H2,1-2H3,(H2,16,18). The van der Waals surface area contributed by atoms with E-state index in [1.165, 1.54) is 11.0 Å². The Morgan fingerprint density at radius 3 is 2.47 bits per heavy atom. The Kier molecular flexibility index (Phi) is 5.18. The van der Waals surface area contributed by atoms with Crippen molar-refractivity contribution in [1.82, 2.24) is 4.90 Å². The van der Waals surface area contributed by atoms with E-state index in [1.54, 1.807) is 12.1 Å². The van der Waals surface area contributed by atoms with Gasteiger partial charge in [0.15, 0.2) is 0 Å². The Balaban J connectivity index is 2.97. The van der Waals surface area contributed by atoms with Gasteiger partial charge in [0, 0.05) is 12.1 Å². The highest BCUT2D eigenvalue weighted by Gasteiger charge is 2.19. The van der Waals surface area contributed by atoms with E-state index in [-0.39, 0.29) is 18.4 Å². The van der Waals surface area contributed by atoms with Crippen LogP contribution in [0.3, 0.4) is 0 Å². The molecule has 1 aromatic carbocycles. The highest BCUT2D eigenvalue weighted by molar-refractivity contribution is 6.33. The van der Waals surface area contributed by atoms with Crippen LogP contribution in [-0.4, -0.2) is 29.8 Å². The third-order valence-corrected chi connectivity index (χ3v) is 2.81. The van der Waals surface area contributed by atoms with Crippen molar-refractivity contribution in [2.24, 2.45) is 11.7 Å². The predicted molar refractivity (Wildman–Crippen MR) is 75.8 cm³/mol. The van der Waals surface area contributed by atoms with Crippen molar-refractivity contribution < 1.29 is 9.59 Å². The summed E-state index contributed by atoms with van der Waals surface area (Å²) in [6.07, 6.45) is 0. The van der Waals surface area contributed by atoms with Gasteiger partial charge in [-0.1, -0.05) is 25.4 Å². The summed E-state index contributed by atoms with van der Waals surface area (Å²) in [6.45, 7) is 4.25. The van der Waals surface area contributed by atoms with Gasteiger partial charge in [0.25, 0.3) is 5.91 Å². The fraction of sp³-hybridized carbons (Fsp3) is 0.385. The van der Waals surface area contributed by atoms with Crippen molar-refractivity contribution in [3.05, 3.63) is 28.8 Å². The average Bonchev–Trinajstić information content (AvgIpc) is 2.29. The van der Waals surface area contributed by atoms with Crippen molar-refractivity contribution >= 4 is 29.1 Å². The predicted octanol–water partition coefficient (Wildman–Crippen LogP) is 1.51. The van der Waals surface area contributed by atoms with Crippen LogP contribution in [-0.2, 0) is 4.79 Å². The smallest absolute Gasteiger partial charge is 0.254 e. The Morgan fingerprint density at radius 2 is 2.00 bits per heavy atom. The highest BCUT2D eigenvalue weighted by Crippen LogP contribution is 2.20. The molecular formula is C13H18ClN3O2. The number of amides is 2. The maximum absolute atomic E-state index is 12.3. The zero-order valence-corrected chi connectivity index (χ0v) is 11.8. The number of anilines is 1. The van der Waals surface area contributed by atoms with Gasteiger partial charge in [0.2, 0.25) is 5.91 Å². The summed E-state index contributed by atoms with van der Waals surface area (Å²) in [5.41, 5.74) is 11.5. The van der Waals surface area contributed by atoms with E-state index >= 15 is 0 Å². The first kappa shape index (κ1) is 15.3. The molecule has 4 N–H and O–H groups in total. The summed E-state index contributed by atoms with van der Waals surface area (Å²) in [5.74, 6) is -0.597. The first-order valence-corrected chi connectivity index (χ1v) is 6.31. The Morgan fingerprint density at radius 1 is 1.37 bits per heavy atom. The molecule has 1 rings (SSSR count). The minimum absolute atomic E-state index is 0.112. The summed E-state index contributed by atoms with van der Waals surface area (Å²) in [6, 6.07) is 4.64. The van der Waals surface area contributed by atoms with Crippen LogP contribution in [0, 0.1) is 5.92 Å². The van der Waals surface area contributed by atoms with Crippen molar-refractivity contribution in [3.63, 3.8) is 0 Å². The van der Waals surface area contributed by atoms with Gasteiger partial charge in [0.1, 0.15) is 0 Å². The zero-order valence-electron chi connectivity index (χ0n) is 11.0. The molecule has 0 aliphatic rings. The second kappa shape index (κ2) is 6.43. The number of primary amides is 1. The molecule has 104 valence electrons. The van der Waals surface area contributed by atoms with E-state index in [2.05, 4.69) is 0 Å². The van der Waals surface area contributed by atoms with Crippen molar-refractivity contribution in [2.75, 3.05) is 18.8 Å². The number of carbonyl (C=O) groups excluding carboxylic acids is 2. The van der Waals surface area contributed by atoms with E-state index in [0.717, 1.165) is 0 Å². The monoisotopic (exact) mass is 283 g/mol. The first-order valence-electron chi connectivity index (χ1n) is 5.94. The van der Waals surface area contributed by atoms with Crippen molar-refractivity contribution in [1.29, 1.82) is 0 Å². The van der Waals surface area contributed by atoms with Crippen molar-refractivity contribution in [3.8, 4) is 0 Å². The molecule has 5 nitrogen and oxygen atoms in total. The van der Waals surface area contributed by atoms with Gasteiger partial charge in [-0.25, -0.2) is 0 Å². The second-order valence-electron chi connectivity index (χ2n) is 4.78. The lowest BCUT2D eigenvalue weighted by Crippen LogP contribution is -2.40. The summed E-state index contributed by atoms with van der Waals surface area (Å²) < 4.78 is 0. The van der Waals surface area contributed by atoms with Crippen LogP contribution in [0.25, 0.3) is 0 Å². The minimum Gasteiger partial charge on any atom is -0.398 e. The van der Waals surface area contributed by atoms with Crippen LogP contribution in [0.2, 0.25) is 5.02 Å². The normalized spacial score (nSPS) is 10.5. The van der Waals surface area contributed by atoms with Crippen LogP contribution in [0.1, 0.15) is 24.2 Å². The molecule has 1 aromatic rings. The lowest BCUT2D eigenvalue weighted by Gasteiger charge is -2.23. The van der Waals surface area contributed by atoms with E-state index in [9.17, 15) is 9.59 Å². The topological polar surface area (TPSA) is 89.4 Å². The maximum Gasteiger partial charge on any atom is 0.254 e. The fourth-order valence-electron chi connectivity index (χ4n) is 1.71. The number of hydrogen-bond acceptors (Lipinski definition) is 3. The Hall–Kier alpha value is -1.75. The summed E-state index contributed by atoms with van der Waals surface area (Å²) in [5, 5.41) is 0.391. The van der Waals surface area contributed by atoms with Gasteiger partial charge in [-0.15, -0.1) is 0 Å². The number of nitrogens with zero attached hydrogens (tertiary/aromatic N) is 1. The molecule has 0 saturated heterocycles. The quantitative estimate of drug-likeness (QED) is 0.803. The van der Waals surface area contributed by atoms with E-state index in [4.69, 9.17) is 23.1 Å². The molecule has 0 radical (unpaired) electrons. The minimum atomic E-state index is -0.545. The van der Waals surface area contributed by atoms with Gasteiger partial charge >= 0.3 is 0 Å². The molecule has 0 aliphatic heterocycles. The molecule has 0 spiro atoms. The first-order chi connectivity index (χ1) is 8.81. The van der Waals surface area contributed by atoms with E-state index in [0.29, 0.717) is 22.8 Å². The molecule has 6 heteroatoms. The summed E-state index contributed by atoms with van der Waals surface area (Å²) >= 11 is 5.81. The van der Waals surface area contributed by atoms with Gasteiger partial charge < -0.3 is 16.4 Å². The molecule has 0 heterocycles. The largest absolute Gasteiger partial charge is 0.398 e. The molecule has 0 unspecified atom stereocenters. The number of nitrogen functional groups attached to an aromatic ring is 1. The van der Waals surface area contributed by atoms with Crippen LogP contribution in [0.15, 0.2) is 18.2 Å². The number of benzene rings is 1. The number of halogens is 1.